The van der Waals surface area contributed by atoms with E-state index in [1.807, 2.05) is 0 Å². The number of thiol groups is 2. The van der Waals surface area contributed by atoms with Gasteiger partial charge in [-0.3, -0.25) is 0 Å². The molecule has 0 aliphatic carbocycles. The predicted octanol–water partition coefficient (Wildman–Crippen LogP) is 1.33. The molecule has 9 heavy (non-hydrogen) atoms. The van der Waals surface area contributed by atoms with E-state index in [0.29, 0.717) is 5.82 Å². The first-order valence-electron chi connectivity index (χ1n) is 2.44. The van der Waals surface area contributed by atoms with Crippen LogP contribution in [-0.2, 0) is 0 Å². The fraction of sp³-hybridized carbons (Fsp3) is 0.200. The van der Waals surface area contributed by atoms with Gasteiger partial charge < -0.3 is 0 Å². The third-order valence-electron chi connectivity index (χ3n) is 0.817. The Morgan fingerprint density at radius 3 is 2.11 bits per heavy atom. The van der Waals surface area contributed by atoms with E-state index in [2.05, 4.69) is 35.2 Å². The summed E-state index contributed by atoms with van der Waals surface area (Å²) < 4.78 is -0.175. The highest BCUT2D eigenvalue weighted by Gasteiger charge is 1.99. The lowest BCUT2D eigenvalue weighted by atomic mass is 10.6. The van der Waals surface area contributed by atoms with E-state index in [9.17, 15) is 0 Å². The molecule has 0 saturated carbocycles. The van der Waals surface area contributed by atoms with Crippen molar-refractivity contribution in [1.82, 2.24) is 9.97 Å². The van der Waals surface area contributed by atoms with Crippen molar-refractivity contribution >= 4 is 25.3 Å². The highest BCUT2D eigenvalue weighted by atomic mass is 32.2. The van der Waals surface area contributed by atoms with Gasteiger partial charge in [0.1, 0.15) is 4.58 Å². The van der Waals surface area contributed by atoms with E-state index in [1.54, 1.807) is 18.5 Å². The summed E-state index contributed by atoms with van der Waals surface area (Å²) in [5, 5.41) is 0. The van der Waals surface area contributed by atoms with Crippen molar-refractivity contribution in [2.24, 2.45) is 0 Å². The summed E-state index contributed by atoms with van der Waals surface area (Å²) >= 11 is 8.05. The van der Waals surface area contributed by atoms with Crippen LogP contribution in [0.15, 0.2) is 18.5 Å². The fourth-order valence-corrected chi connectivity index (χ4v) is 0.711. The standard InChI is InChI=1S/C5H6N2S2/c8-5(9)4-6-2-1-3-7-4/h1-3,5,8-9H. The number of aromatic nitrogens is 2. The van der Waals surface area contributed by atoms with Gasteiger partial charge in [-0.2, -0.15) is 25.3 Å². The third kappa shape index (κ3) is 1.87. The Labute approximate surface area is 64.5 Å². The van der Waals surface area contributed by atoms with Crippen LogP contribution in [0.4, 0.5) is 0 Å². The normalized spacial score (nSPS) is 10.1. The molecular weight excluding hydrogens is 152 g/mol. The van der Waals surface area contributed by atoms with Crippen LogP contribution in [0.3, 0.4) is 0 Å². The van der Waals surface area contributed by atoms with Crippen LogP contribution in [0, 0.1) is 0 Å². The summed E-state index contributed by atoms with van der Waals surface area (Å²) in [4.78, 5) is 7.83. The molecule has 2 nitrogen and oxygen atoms in total. The van der Waals surface area contributed by atoms with E-state index < -0.39 is 0 Å². The number of nitrogens with zero attached hydrogens (tertiary/aromatic N) is 2. The van der Waals surface area contributed by atoms with Gasteiger partial charge >= 0.3 is 0 Å². The summed E-state index contributed by atoms with van der Waals surface area (Å²) in [5.74, 6) is 0.643. The Bertz CT molecular complexity index is 176. The van der Waals surface area contributed by atoms with Crippen LogP contribution in [0.25, 0.3) is 0 Å². The van der Waals surface area contributed by atoms with Gasteiger partial charge in [0.05, 0.1) is 0 Å². The summed E-state index contributed by atoms with van der Waals surface area (Å²) in [6, 6.07) is 1.76. The molecule has 0 unspecified atom stereocenters. The van der Waals surface area contributed by atoms with E-state index in [-0.39, 0.29) is 4.58 Å². The zero-order valence-corrected chi connectivity index (χ0v) is 6.39. The van der Waals surface area contributed by atoms with Crippen molar-refractivity contribution in [3.05, 3.63) is 24.3 Å². The quantitative estimate of drug-likeness (QED) is 0.476. The average Bonchev–Trinajstić information content (AvgIpc) is 1.90. The topological polar surface area (TPSA) is 25.8 Å². The van der Waals surface area contributed by atoms with Crippen molar-refractivity contribution in [1.29, 1.82) is 0 Å². The maximum Gasteiger partial charge on any atom is 0.150 e. The highest BCUT2D eigenvalue weighted by Crippen LogP contribution is 2.17. The van der Waals surface area contributed by atoms with Gasteiger partial charge in [-0.05, 0) is 6.07 Å². The minimum absolute atomic E-state index is 0.175. The van der Waals surface area contributed by atoms with Gasteiger partial charge in [0, 0.05) is 12.4 Å². The third-order valence-corrected chi connectivity index (χ3v) is 1.28. The van der Waals surface area contributed by atoms with E-state index in [1.165, 1.54) is 0 Å². The number of rotatable bonds is 1. The molecular formula is C5H6N2S2. The van der Waals surface area contributed by atoms with Crippen molar-refractivity contribution in [3.8, 4) is 0 Å². The van der Waals surface area contributed by atoms with E-state index >= 15 is 0 Å². The Kier molecular flexibility index (Phi) is 2.36. The first-order chi connectivity index (χ1) is 4.30. The minimum Gasteiger partial charge on any atom is -0.239 e. The molecule has 0 atom stereocenters. The van der Waals surface area contributed by atoms with E-state index in [4.69, 9.17) is 0 Å². The lowest BCUT2D eigenvalue weighted by molar-refractivity contribution is 1.03. The van der Waals surface area contributed by atoms with Gasteiger partial charge in [0.15, 0.2) is 5.82 Å². The molecule has 1 aromatic heterocycles. The first-order valence-corrected chi connectivity index (χ1v) is 3.47. The van der Waals surface area contributed by atoms with Crippen molar-refractivity contribution < 1.29 is 0 Å². The monoisotopic (exact) mass is 158 g/mol. The molecule has 0 aliphatic rings. The second-order valence-corrected chi connectivity index (χ2v) is 2.92. The number of hydrogen-bond donors (Lipinski definition) is 2. The molecule has 0 N–H and O–H groups in total. The first kappa shape index (κ1) is 6.89. The van der Waals surface area contributed by atoms with Crippen LogP contribution in [0.1, 0.15) is 10.4 Å². The summed E-state index contributed by atoms with van der Waals surface area (Å²) in [5.41, 5.74) is 0. The molecule has 0 radical (unpaired) electrons. The molecule has 1 heterocycles. The molecule has 0 spiro atoms. The second kappa shape index (κ2) is 3.08. The van der Waals surface area contributed by atoms with Gasteiger partial charge in [-0.25, -0.2) is 9.97 Å². The lowest BCUT2D eigenvalue weighted by Crippen LogP contribution is -1.89. The summed E-state index contributed by atoms with van der Waals surface area (Å²) in [6.07, 6.45) is 3.34. The maximum atomic E-state index is 4.03. The van der Waals surface area contributed by atoms with Crippen LogP contribution in [0.2, 0.25) is 0 Å². The zero-order valence-electron chi connectivity index (χ0n) is 4.60. The van der Waals surface area contributed by atoms with Crippen LogP contribution in [0.5, 0.6) is 0 Å². The molecule has 0 fully saturated rings. The maximum absolute atomic E-state index is 4.03. The molecule has 0 aliphatic heterocycles. The Morgan fingerprint density at radius 1 is 1.22 bits per heavy atom. The molecule has 1 aromatic rings. The fourth-order valence-electron chi connectivity index (χ4n) is 0.444. The highest BCUT2D eigenvalue weighted by molar-refractivity contribution is 7.98. The minimum atomic E-state index is -0.175. The molecule has 1 rings (SSSR count). The molecule has 4 heteroatoms. The Morgan fingerprint density at radius 2 is 1.78 bits per heavy atom. The largest absolute Gasteiger partial charge is 0.239 e. The van der Waals surface area contributed by atoms with Gasteiger partial charge in [0.25, 0.3) is 0 Å². The van der Waals surface area contributed by atoms with E-state index in [0.717, 1.165) is 0 Å². The Hall–Kier alpha value is -0.220. The smallest absolute Gasteiger partial charge is 0.150 e. The zero-order chi connectivity index (χ0) is 6.69. The Balaban J connectivity index is 2.85. The molecule has 0 saturated heterocycles. The summed E-state index contributed by atoms with van der Waals surface area (Å²) in [6.45, 7) is 0. The van der Waals surface area contributed by atoms with Crippen LogP contribution in [-0.4, -0.2) is 9.97 Å². The molecule has 0 bridgehead atoms. The molecule has 0 aromatic carbocycles. The predicted molar refractivity (Wildman–Crippen MR) is 42.7 cm³/mol. The van der Waals surface area contributed by atoms with Crippen LogP contribution < -0.4 is 0 Å². The van der Waals surface area contributed by atoms with Crippen molar-refractivity contribution in [2.45, 2.75) is 4.58 Å². The lowest BCUT2D eigenvalue weighted by Gasteiger charge is -1.97. The van der Waals surface area contributed by atoms with Crippen LogP contribution >= 0.6 is 25.3 Å². The molecule has 0 amide bonds. The number of hydrogen-bond acceptors (Lipinski definition) is 4. The van der Waals surface area contributed by atoms with Gasteiger partial charge in [-0.1, -0.05) is 0 Å². The molecule has 48 valence electrons. The average molecular weight is 158 g/mol. The van der Waals surface area contributed by atoms with Crippen molar-refractivity contribution in [3.63, 3.8) is 0 Å². The van der Waals surface area contributed by atoms with Crippen molar-refractivity contribution in [2.75, 3.05) is 0 Å². The second-order valence-electron chi connectivity index (χ2n) is 1.48. The summed E-state index contributed by atoms with van der Waals surface area (Å²) in [7, 11) is 0. The van der Waals surface area contributed by atoms with Gasteiger partial charge in [0.2, 0.25) is 0 Å². The van der Waals surface area contributed by atoms with Gasteiger partial charge in [-0.15, -0.1) is 0 Å². The SMILES string of the molecule is SC(S)c1ncccn1.